The van der Waals surface area contributed by atoms with Crippen LogP contribution in [-0.4, -0.2) is 35.6 Å². The van der Waals surface area contributed by atoms with Crippen molar-refractivity contribution in [2.24, 2.45) is 5.92 Å². The molecule has 41 heavy (non-hydrogen) atoms. The number of nitrogens with zero attached hydrogens (tertiary/aromatic N) is 1. The van der Waals surface area contributed by atoms with Crippen LogP contribution >= 0.6 is 22.7 Å². The van der Waals surface area contributed by atoms with Crippen LogP contribution in [0.25, 0.3) is 5.57 Å². The van der Waals surface area contributed by atoms with Crippen molar-refractivity contribution in [1.82, 2.24) is 4.90 Å². The molecule has 4 aromatic rings. The fraction of sp³-hybridized carbons (Fsp3) is 0.324. The topological polar surface area (TPSA) is 59.0 Å². The molecule has 0 saturated carbocycles. The van der Waals surface area contributed by atoms with Crippen LogP contribution in [0.15, 0.2) is 89.6 Å². The van der Waals surface area contributed by atoms with E-state index in [0.29, 0.717) is 33.0 Å². The number of thiophene rings is 2. The van der Waals surface area contributed by atoms with E-state index in [1.54, 1.807) is 22.7 Å². The van der Waals surface area contributed by atoms with E-state index in [1.807, 2.05) is 36.4 Å². The van der Waals surface area contributed by atoms with Gasteiger partial charge in [0, 0.05) is 28.4 Å². The van der Waals surface area contributed by atoms with Gasteiger partial charge < -0.3 is 19.5 Å². The largest absolute Gasteiger partial charge is 0.481 e. The molecule has 0 spiro atoms. The number of aliphatic carboxylic acids is 1. The summed E-state index contributed by atoms with van der Waals surface area (Å²) < 4.78 is 12.3. The van der Waals surface area contributed by atoms with Gasteiger partial charge in [-0.3, -0.25) is 4.79 Å². The molecule has 0 amide bonds. The number of carboxylic acids is 1. The maximum absolute atomic E-state index is 11.6. The van der Waals surface area contributed by atoms with Crippen LogP contribution in [0.1, 0.15) is 51.3 Å². The van der Waals surface area contributed by atoms with E-state index in [0.717, 1.165) is 43.5 Å². The maximum atomic E-state index is 11.6. The van der Waals surface area contributed by atoms with E-state index < -0.39 is 5.97 Å². The number of benzene rings is 2. The standard InChI is InChI=1S/C34H37NO4S2/c36-34(37)28-13-7-17-35(21-28)18-8-14-31(32-29(15-19-40-32)24-38-22-26-9-3-1-4-10-26)33-30(16-20-41-33)25-39-23-27-11-5-2-6-12-27/h1-6,9-12,14-16,19-20,28H,7-8,13,17-18,21-25H2,(H,36,37)/t28-/m1/s1. The molecule has 5 nitrogen and oxygen atoms in total. The Hall–Kier alpha value is -3.07. The predicted molar refractivity (Wildman–Crippen MR) is 167 cm³/mol. The van der Waals surface area contributed by atoms with Crippen molar-refractivity contribution in [1.29, 1.82) is 0 Å². The molecule has 1 N–H and O–H groups in total. The van der Waals surface area contributed by atoms with E-state index in [4.69, 9.17) is 9.47 Å². The number of carbonyl (C=O) groups is 1. The minimum Gasteiger partial charge on any atom is -0.481 e. The van der Waals surface area contributed by atoms with Gasteiger partial charge in [0.15, 0.2) is 0 Å². The van der Waals surface area contributed by atoms with E-state index in [1.165, 1.54) is 26.5 Å². The van der Waals surface area contributed by atoms with Gasteiger partial charge in [0.05, 0.1) is 32.3 Å². The molecule has 1 aliphatic rings. The number of rotatable bonds is 14. The van der Waals surface area contributed by atoms with Crippen LogP contribution in [0.4, 0.5) is 0 Å². The molecule has 7 heteroatoms. The molecule has 1 fully saturated rings. The van der Waals surface area contributed by atoms with Crippen LogP contribution in [0.5, 0.6) is 0 Å². The van der Waals surface area contributed by atoms with Crippen molar-refractivity contribution in [2.75, 3.05) is 19.6 Å². The number of likely N-dealkylation sites (tertiary alicyclic amines) is 1. The number of piperidine rings is 1. The molecule has 0 radical (unpaired) electrons. The lowest BCUT2D eigenvalue weighted by Crippen LogP contribution is -2.39. The highest BCUT2D eigenvalue weighted by Crippen LogP contribution is 2.37. The summed E-state index contributed by atoms with van der Waals surface area (Å²) >= 11 is 3.50. The molecule has 5 rings (SSSR count). The van der Waals surface area contributed by atoms with Gasteiger partial charge in [-0.2, -0.15) is 0 Å². The zero-order valence-electron chi connectivity index (χ0n) is 23.2. The van der Waals surface area contributed by atoms with Crippen LogP contribution in [0.2, 0.25) is 0 Å². The number of hydrogen-bond acceptors (Lipinski definition) is 6. The predicted octanol–water partition coefficient (Wildman–Crippen LogP) is 7.86. The van der Waals surface area contributed by atoms with Crippen molar-refractivity contribution in [3.63, 3.8) is 0 Å². The molecular weight excluding hydrogens is 551 g/mol. The van der Waals surface area contributed by atoms with Crippen molar-refractivity contribution in [3.05, 3.63) is 122 Å². The van der Waals surface area contributed by atoms with Gasteiger partial charge in [0.1, 0.15) is 0 Å². The summed E-state index contributed by atoms with van der Waals surface area (Å²) in [5.41, 5.74) is 5.92. The average molecular weight is 588 g/mol. The summed E-state index contributed by atoms with van der Waals surface area (Å²) in [5.74, 6) is -0.938. The van der Waals surface area contributed by atoms with Crippen molar-refractivity contribution in [3.8, 4) is 0 Å². The second-order valence-electron chi connectivity index (χ2n) is 10.4. The van der Waals surface area contributed by atoms with Gasteiger partial charge in [-0.25, -0.2) is 0 Å². The van der Waals surface area contributed by atoms with Crippen molar-refractivity contribution < 1.29 is 19.4 Å². The first kappa shape index (κ1) is 29.4. The highest BCUT2D eigenvalue weighted by Gasteiger charge is 2.25. The fourth-order valence-corrected chi connectivity index (χ4v) is 7.20. The lowest BCUT2D eigenvalue weighted by atomic mass is 9.98. The zero-order chi connectivity index (χ0) is 28.3. The average Bonchev–Trinajstić information content (AvgIpc) is 3.67. The molecular formula is C34H37NO4S2. The lowest BCUT2D eigenvalue weighted by molar-refractivity contribution is -0.143. The summed E-state index contributed by atoms with van der Waals surface area (Å²) in [6, 6.07) is 24.9. The Bertz CT molecular complexity index is 1310. The molecule has 0 bridgehead atoms. The summed E-state index contributed by atoms with van der Waals surface area (Å²) in [6.07, 6.45) is 4.90. The third-order valence-corrected chi connectivity index (χ3v) is 9.35. The van der Waals surface area contributed by atoms with Crippen molar-refractivity contribution >= 4 is 34.2 Å². The van der Waals surface area contributed by atoms with Gasteiger partial charge >= 0.3 is 5.97 Å². The quantitative estimate of drug-likeness (QED) is 0.163. The van der Waals surface area contributed by atoms with Gasteiger partial charge in [0.2, 0.25) is 0 Å². The minimum atomic E-state index is -0.677. The molecule has 214 valence electrons. The zero-order valence-corrected chi connectivity index (χ0v) is 24.9. The first-order chi connectivity index (χ1) is 20.2. The second-order valence-corrected chi connectivity index (χ2v) is 12.2. The molecule has 0 unspecified atom stereocenters. The molecule has 1 atom stereocenters. The SMILES string of the molecule is O=C(O)[C@@H]1CCCN(CCC=C(c2sccc2COCc2ccccc2)c2sccc2COCc2ccccc2)C1. The fourth-order valence-electron chi connectivity index (χ4n) is 5.22. The number of carboxylic acid groups (broad SMARTS) is 1. The Labute approximate surface area is 250 Å². The first-order valence-electron chi connectivity index (χ1n) is 14.2. The number of ether oxygens (including phenoxy) is 2. The summed E-state index contributed by atoms with van der Waals surface area (Å²) in [4.78, 5) is 16.3. The number of hydrogen-bond donors (Lipinski definition) is 1. The molecule has 2 aromatic heterocycles. The lowest BCUT2D eigenvalue weighted by Gasteiger charge is -2.30. The van der Waals surface area contributed by atoms with Crippen LogP contribution in [-0.2, 0) is 40.7 Å². The smallest absolute Gasteiger partial charge is 0.307 e. The molecule has 3 heterocycles. The van der Waals surface area contributed by atoms with Gasteiger partial charge in [-0.15, -0.1) is 22.7 Å². The molecule has 1 aliphatic heterocycles. The third-order valence-electron chi connectivity index (χ3n) is 7.37. The maximum Gasteiger partial charge on any atom is 0.307 e. The Kier molecular flexibility index (Phi) is 10.9. The molecule has 2 aromatic carbocycles. The van der Waals surface area contributed by atoms with Crippen LogP contribution in [0, 0.1) is 5.92 Å². The third kappa shape index (κ3) is 8.47. The highest BCUT2D eigenvalue weighted by molar-refractivity contribution is 7.14. The summed E-state index contributed by atoms with van der Waals surface area (Å²) in [6.45, 7) is 4.68. The van der Waals surface area contributed by atoms with E-state index in [9.17, 15) is 9.90 Å². The van der Waals surface area contributed by atoms with E-state index in [-0.39, 0.29) is 5.92 Å². The highest BCUT2D eigenvalue weighted by atomic mass is 32.1. The Morgan fingerprint density at radius 2 is 1.39 bits per heavy atom. The molecule has 0 aliphatic carbocycles. The van der Waals surface area contributed by atoms with E-state index >= 15 is 0 Å². The van der Waals surface area contributed by atoms with Gasteiger partial charge in [-0.1, -0.05) is 66.7 Å². The Morgan fingerprint density at radius 1 is 0.829 bits per heavy atom. The minimum absolute atomic E-state index is 0.261. The van der Waals surface area contributed by atoms with Crippen LogP contribution < -0.4 is 0 Å². The van der Waals surface area contributed by atoms with Crippen molar-refractivity contribution in [2.45, 2.75) is 45.7 Å². The summed E-state index contributed by atoms with van der Waals surface area (Å²) in [7, 11) is 0. The monoisotopic (exact) mass is 587 g/mol. The Balaban J connectivity index is 1.32. The molecule has 1 saturated heterocycles. The second kappa shape index (κ2) is 15.2. The van der Waals surface area contributed by atoms with Crippen LogP contribution in [0.3, 0.4) is 0 Å². The van der Waals surface area contributed by atoms with E-state index in [2.05, 4.69) is 58.1 Å². The summed E-state index contributed by atoms with van der Waals surface area (Å²) in [5, 5.41) is 13.8. The Morgan fingerprint density at radius 3 is 1.93 bits per heavy atom. The van der Waals surface area contributed by atoms with Gasteiger partial charge in [-0.05, 0) is 71.0 Å². The van der Waals surface area contributed by atoms with Gasteiger partial charge in [0.25, 0.3) is 0 Å². The first-order valence-corrected chi connectivity index (χ1v) is 16.0. The normalized spacial score (nSPS) is 15.6.